The van der Waals surface area contributed by atoms with Crippen molar-refractivity contribution >= 4 is 59.4 Å². The molecule has 1 aromatic carbocycles. The van der Waals surface area contributed by atoms with Gasteiger partial charge in [0.25, 0.3) is 0 Å². The van der Waals surface area contributed by atoms with E-state index in [9.17, 15) is 53.7 Å². The average Bonchev–Trinajstić information content (AvgIpc) is 3.34. The predicted octanol–water partition coefficient (Wildman–Crippen LogP) is 3.45. The Morgan fingerprint density at radius 3 is 1.30 bits per heavy atom. The molecule has 3 N–H and O–H groups in total. The van der Waals surface area contributed by atoms with Crippen LogP contribution in [0.25, 0.3) is 0 Å². The summed E-state index contributed by atoms with van der Waals surface area (Å²) >= 11 is 5.93. The van der Waals surface area contributed by atoms with E-state index >= 15 is 0 Å². The summed E-state index contributed by atoms with van der Waals surface area (Å²) in [5.41, 5.74) is -6.25. The number of fused-ring (bicyclic) bond motifs is 3. The second kappa shape index (κ2) is 25.6. The highest BCUT2D eigenvalue weighted by Crippen LogP contribution is 2.69. The molecule has 13 unspecified atom stereocenters. The highest BCUT2D eigenvalue weighted by molar-refractivity contribution is 6.30. The van der Waals surface area contributed by atoms with Crippen LogP contribution in [0.5, 0.6) is 0 Å². The number of methoxy groups -OCH3 is 9. The molecule has 0 aromatic heterocycles. The number of ether oxygens (including phenoxy) is 12. The lowest BCUT2D eigenvalue weighted by atomic mass is 9.63. The zero-order valence-electron chi connectivity index (χ0n) is 47.8. The predicted molar refractivity (Wildman–Crippen MR) is 270 cm³/mol. The fourth-order valence-corrected chi connectivity index (χ4v) is 14.5. The van der Waals surface area contributed by atoms with E-state index in [2.05, 4.69) is 0 Å². The smallest absolute Gasteiger partial charge is 0.347 e. The van der Waals surface area contributed by atoms with E-state index in [1.165, 1.54) is 76.1 Å². The van der Waals surface area contributed by atoms with Crippen molar-refractivity contribution in [2.45, 2.75) is 92.1 Å². The highest BCUT2D eigenvalue weighted by Gasteiger charge is 2.77. The van der Waals surface area contributed by atoms with Crippen LogP contribution in [0, 0.1) is 79.8 Å². The van der Waals surface area contributed by atoms with E-state index in [-0.39, 0.29) is 50.6 Å². The molecule has 19 atom stereocenters. The van der Waals surface area contributed by atoms with Crippen LogP contribution in [0.15, 0.2) is 24.3 Å². The first-order valence-corrected chi connectivity index (χ1v) is 26.0. The maximum atomic E-state index is 13.4. The molecule has 3 saturated heterocycles. The van der Waals surface area contributed by atoms with Gasteiger partial charge in [0.1, 0.15) is 0 Å². The van der Waals surface area contributed by atoms with E-state index in [0.29, 0.717) is 5.02 Å². The Bertz CT molecular complexity index is 2460. The zero-order chi connectivity index (χ0) is 60.2. The second-order valence-corrected chi connectivity index (χ2v) is 22.6. The summed E-state index contributed by atoms with van der Waals surface area (Å²) in [5.74, 6) is -11.0. The molecular weight excluding hydrogens is 1080 g/mol. The van der Waals surface area contributed by atoms with E-state index in [1.807, 2.05) is 6.92 Å². The van der Waals surface area contributed by atoms with Crippen LogP contribution in [-0.2, 0) is 105 Å². The molecule has 3 aliphatic heterocycles. The molecule has 6 fully saturated rings. The van der Waals surface area contributed by atoms with Gasteiger partial charge in [-0.2, -0.15) is 0 Å². The van der Waals surface area contributed by atoms with Crippen molar-refractivity contribution in [3.63, 3.8) is 0 Å². The first kappa shape index (κ1) is 65.7. The summed E-state index contributed by atoms with van der Waals surface area (Å²) in [6, 6.07) is 6.18. The Hall–Kier alpha value is -5.09. The number of carboxylic acids is 1. The Morgan fingerprint density at radius 2 is 0.925 bits per heavy atom. The van der Waals surface area contributed by atoms with Gasteiger partial charge < -0.3 is 72.2 Å². The molecule has 25 nitrogen and oxygen atoms in total. The standard InChI is InChI=1S/C23H29ClO10.C16H24O8.C15H24O7/c1-22-11-32-20(30-4)17(22)14(10-15(25)29-3)16(23(22,2)21(28)31-5)19(27)34-33-18(26)12-7-6-8-13(24)9-12;1-15-7-24-13(22-4)11(15)8(6-9(17)21-3)10(12(18)19)16(15,2)14(20)23-5;1-14-7-22-12(20-4)10(14)8(6-9(16)19-3)11(17)15(14,2)13(18)21-5/h6-9,14,16-18,20,26H,10-11H2,1-5H3;8,10-11,13H,6-7H2,1-5H3,(H,18,19);8,10-12,17H,6-7H2,1-5H3/t14?,16?,17?,18?,20?,22-,23-;8?,10?,11?,13?,15-,16-;8?,10?,11?,12?,14-,15-/m111/s1. The molecule has 3 saturated carbocycles. The van der Waals surface area contributed by atoms with Gasteiger partial charge in [-0.05, 0) is 44.7 Å². The molecule has 0 bridgehead atoms. The van der Waals surface area contributed by atoms with E-state index in [0.717, 1.165) is 0 Å². The van der Waals surface area contributed by atoms with Crippen molar-refractivity contribution in [2.24, 2.45) is 79.8 Å². The number of benzene rings is 1. The lowest BCUT2D eigenvalue weighted by Crippen LogP contribution is -2.49. The number of halogens is 1. The third-order valence-electron chi connectivity index (χ3n) is 19.1. The van der Waals surface area contributed by atoms with Gasteiger partial charge >= 0.3 is 47.8 Å². The Morgan fingerprint density at radius 1 is 0.562 bits per heavy atom. The molecule has 3 heterocycles. The van der Waals surface area contributed by atoms with Crippen LogP contribution in [0.1, 0.15) is 72.7 Å². The molecule has 80 heavy (non-hydrogen) atoms. The van der Waals surface area contributed by atoms with Gasteiger partial charge in [-0.1, -0.05) is 44.5 Å². The fraction of sp³-hybridized carbons (Fsp3) is 0.741. The highest BCUT2D eigenvalue weighted by atomic mass is 35.5. The Labute approximate surface area is 468 Å². The summed E-state index contributed by atoms with van der Waals surface area (Å²) < 4.78 is 62.5. The number of hydrogen-bond donors (Lipinski definition) is 3. The van der Waals surface area contributed by atoms with Crippen molar-refractivity contribution in [3.8, 4) is 0 Å². The van der Waals surface area contributed by atoms with E-state index in [1.54, 1.807) is 46.8 Å². The molecule has 0 radical (unpaired) electrons. The maximum Gasteiger partial charge on any atom is 0.347 e. The third-order valence-corrected chi connectivity index (χ3v) is 19.3. The zero-order valence-corrected chi connectivity index (χ0v) is 48.5. The molecule has 1 aromatic rings. The van der Waals surface area contributed by atoms with Crippen molar-refractivity contribution < 1.29 is 120 Å². The number of carboxylic acid groups (broad SMARTS) is 1. The quantitative estimate of drug-likeness (QED) is 0.0661. The monoisotopic (exact) mass is 1160 g/mol. The fourth-order valence-electron chi connectivity index (χ4n) is 14.3. The number of carbonyl (C=O) groups excluding carboxylic acids is 7. The molecule has 450 valence electrons. The van der Waals surface area contributed by atoms with Crippen molar-refractivity contribution in [1.29, 1.82) is 0 Å². The minimum absolute atomic E-state index is 0.00622. The van der Waals surface area contributed by atoms with Crippen LogP contribution in [0.4, 0.5) is 0 Å². The normalized spacial score (nSPS) is 38.4. The van der Waals surface area contributed by atoms with Crippen LogP contribution in [-0.4, -0.2) is 172 Å². The number of carbonyl (C=O) groups is 8. The Kier molecular flexibility index (Phi) is 21.0. The molecule has 26 heteroatoms. The van der Waals surface area contributed by atoms with Crippen molar-refractivity contribution in [2.75, 3.05) is 83.8 Å². The van der Waals surface area contributed by atoms with Crippen LogP contribution in [0.3, 0.4) is 0 Å². The largest absolute Gasteiger partial charge is 0.481 e. The van der Waals surface area contributed by atoms with Crippen molar-refractivity contribution in [1.82, 2.24) is 0 Å². The van der Waals surface area contributed by atoms with Gasteiger partial charge in [0.05, 0.1) is 103 Å². The minimum Gasteiger partial charge on any atom is -0.481 e. The number of aliphatic hydroxyl groups excluding tert-OH is 2. The molecule has 3 aliphatic carbocycles. The molecule has 7 rings (SSSR count). The third kappa shape index (κ3) is 10.8. The summed E-state index contributed by atoms with van der Waals surface area (Å²) in [6.45, 7) is 10.7. The lowest BCUT2D eigenvalue weighted by Gasteiger charge is -2.39. The first-order valence-electron chi connectivity index (χ1n) is 25.6. The Balaban J connectivity index is 0.000000228. The summed E-state index contributed by atoms with van der Waals surface area (Å²) in [5, 5.41) is 31.3. The average molecular weight is 1160 g/mol. The molecule has 6 aliphatic rings. The van der Waals surface area contributed by atoms with Crippen LogP contribution < -0.4 is 0 Å². The second-order valence-electron chi connectivity index (χ2n) is 22.1. The summed E-state index contributed by atoms with van der Waals surface area (Å²) in [6.07, 6.45) is -5.08. The maximum absolute atomic E-state index is 13.4. The van der Waals surface area contributed by atoms with Crippen molar-refractivity contribution in [3.05, 3.63) is 34.9 Å². The topological polar surface area (TPSA) is 326 Å². The van der Waals surface area contributed by atoms with E-state index in [4.69, 9.17) is 78.2 Å². The van der Waals surface area contributed by atoms with Crippen LogP contribution >= 0.6 is 11.6 Å². The summed E-state index contributed by atoms with van der Waals surface area (Å²) in [4.78, 5) is 109. The van der Waals surface area contributed by atoms with Gasteiger partial charge in [0.2, 0.25) is 6.29 Å². The minimum atomic E-state index is -1.63. The van der Waals surface area contributed by atoms with Gasteiger partial charge in [0.15, 0.2) is 18.9 Å². The number of rotatable bonds is 17. The lowest BCUT2D eigenvalue weighted by molar-refractivity contribution is -0.350. The number of esters is 6. The SMILES string of the molecule is COC(=O)CC1C(C(=O)O)[C@](C)(C(=O)OC)[C@]2(C)COC(OC)C12.COC(=O)CC1C(C(=O)OOC(O)c2cccc(Cl)c2)[C@](C)(C(=O)OC)[C@]2(C)COC(OC)C12.COC(=O)CC1C(O)[C@](C)(C(=O)OC)[C@]2(C)COC(OC)C12. The molecule has 0 amide bonds. The molecule has 0 spiro atoms. The van der Waals surface area contributed by atoms with E-state index < -0.39 is 153 Å². The van der Waals surface area contributed by atoms with Crippen LogP contribution in [0.2, 0.25) is 5.02 Å². The molecular formula is C54H77ClO25. The number of aliphatic carboxylic acids is 1. The number of aliphatic hydroxyl groups is 2. The van der Waals surface area contributed by atoms with Gasteiger partial charge in [-0.3, -0.25) is 38.4 Å². The van der Waals surface area contributed by atoms with Gasteiger partial charge in [0, 0.05) is 84.7 Å². The number of hydrogen-bond acceptors (Lipinski definition) is 24. The first-order chi connectivity index (χ1) is 37.5. The van der Waals surface area contributed by atoms with Gasteiger partial charge in [-0.15, -0.1) is 4.89 Å². The summed E-state index contributed by atoms with van der Waals surface area (Å²) in [7, 11) is 11.9. The van der Waals surface area contributed by atoms with Gasteiger partial charge in [-0.25, -0.2) is 4.79 Å².